The first-order chi connectivity index (χ1) is 9.88. The highest BCUT2D eigenvalue weighted by Gasteiger charge is 2.32. The SMILES string of the molecule is CCCNC(CC1Cc2ccccc21)C1CCCCO1. The van der Waals surface area contributed by atoms with Crippen LogP contribution < -0.4 is 5.32 Å². The molecular formula is C18H27NO. The predicted molar refractivity (Wildman–Crippen MR) is 83.2 cm³/mol. The van der Waals surface area contributed by atoms with Crippen molar-refractivity contribution in [2.75, 3.05) is 13.2 Å². The standard InChI is InChI=1S/C18H27NO/c1-2-10-19-17(18-9-5-6-11-20-18)13-15-12-14-7-3-4-8-16(14)15/h3-4,7-8,15,17-19H,2,5-6,9-13H2,1H3. The number of hydrogen-bond acceptors (Lipinski definition) is 2. The van der Waals surface area contributed by atoms with E-state index in [1.807, 2.05) is 0 Å². The van der Waals surface area contributed by atoms with E-state index in [0.717, 1.165) is 19.1 Å². The first-order valence-corrected chi connectivity index (χ1v) is 8.31. The summed E-state index contributed by atoms with van der Waals surface area (Å²) in [5, 5.41) is 3.74. The van der Waals surface area contributed by atoms with Gasteiger partial charge in [0.05, 0.1) is 6.10 Å². The van der Waals surface area contributed by atoms with E-state index in [1.54, 1.807) is 11.1 Å². The molecule has 2 aliphatic rings. The smallest absolute Gasteiger partial charge is 0.0728 e. The summed E-state index contributed by atoms with van der Waals surface area (Å²) in [5.74, 6) is 0.742. The summed E-state index contributed by atoms with van der Waals surface area (Å²) in [6.07, 6.45) is 7.93. The van der Waals surface area contributed by atoms with Crippen molar-refractivity contribution in [3.63, 3.8) is 0 Å². The molecule has 1 saturated heterocycles. The minimum absolute atomic E-state index is 0.433. The molecule has 0 aromatic heterocycles. The second-order valence-corrected chi connectivity index (χ2v) is 6.30. The second kappa shape index (κ2) is 6.73. The lowest BCUT2D eigenvalue weighted by atomic mass is 9.73. The van der Waals surface area contributed by atoms with Gasteiger partial charge in [-0.25, -0.2) is 0 Å². The summed E-state index contributed by atoms with van der Waals surface area (Å²) < 4.78 is 6.03. The number of hydrogen-bond donors (Lipinski definition) is 1. The summed E-state index contributed by atoms with van der Waals surface area (Å²) in [4.78, 5) is 0. The molecule has 0 radical (unpaired) electrons. The van der Waals surface area contributed by atoms with Gasteiger partial charge < -0.3 is 10.1 Å². The molecule has 2 nitrogen and oxygen atoms in total. The molecule has 0 amide bonds. The number of ether oxygens (including phenoxy) is 1. The van der Waals surface area contributed by atoms with Crippen molar-refractivity contribution in [2.45, 2.75) is 63.5 Å². The quantitative estimate of drug-likeness (QED) is 0.854. The molecule has 3 unspecified atom stereocenters. The van der Waals surface area contributed by atoms with Gasteiger partial charge in [-0.1, -0.05) is 31.2 Å². The van der Waals surface area contributed by atoms with Crippen LogP contribution in [0.15, 0.2) is 24.3 Å². The molecule has 1 aromatic rings. The topological polar surface area (TPSA) is 21.3 Å². The normalized spacial score (nSPS) is 26.6. The molecule has 1 heterocycles. The molecule has 1 N–H and O–H groups in total. The second-order valence-electron chi connectivity index (χ2n) is 6.30. The van der Waals surface area contributed by atoms with E-state index >= 15 is 0 Å². The van der Waals surface area contributed by atoms with Crippen LogP contribution in [0.5, 0.6) is 0 Å². The maximum absolute atomic E-state index is 6.03. The average Bonchev–Trinajstić information content (AvgIpc) is 2.49. The maximum atomic E-state index is 6.03. The lowest BCUT2D eigenvalue weighted by Gasteiger charge is -2.37. The molecule has 20 heavy (non-hydrogen) atoms. The van der Waals surface area contributed by atoms with E-state index in [-0.39, 0.29) is 0 Å². The van der Waals surface area contributed by atoms with Gasteiger partial charge in [-0.3, -0.25) is 0 Å². The van der Waals surface area contributed by atoms with Crippen molar-refractivity contribution in [1.82, 2.24) is 5.32 Å². The molecule has 110 valence electrons. The highest BCUT2D eigenvalue weighted by Crippen LogP contribution is 2.39. The van der Waals surface area contributed by atoms with Crippen LogP contribution in [0.1, 0.15) is 56.1 Å². The lowest BCUT2D eigenvalue weighted by Crippen LogP contribution is -2.45. The van der Waals surface area contributed by atoms with Gasteiger partial charge in [-0.15, -0.1) is 0 Å². The monoisotopic (exact) mass is 273 g/mol. The first kappa shape index (κ1) is 14.1. The van der Waals surface area contributed by atoms with E-state index in [9.17, 15) is 0 Å². The Bertz CT molecular complexity index is 425. The van der Waals surface area contributed by atoms with Crippen molar-refractivity contribution in [3.05, 3.63) is 35.4 Å². The van der Waals surface area contributed by atoms with E-state index in [4.69, 9.17) is 4.74 Å². The molecule has 0 bridgehead atoms. The van der Waals surface area contributed by atoms with Gasteiger partial charge in [0, 0.05) is 12.6 Å². The molecule has 0 spiro atoms. The zero-order valence-corrected chi connectivity index (χ0v) is 12.6. The molecule has 0 saturated carbocycles. The highest BCUT2D eigenvalue weighted by molar-refractivity contribution is 5.40. The molecule has 1 fully saturated rings. The predicted octanol–water partition coefficient (Wildman–Crippen LogP) is 3.65. The van der Waals surface area contributed by atoms with Crippen LogP contribution in [-0.2, 0) is 11.2 Å². The number of rotatable bonds is 6. The average molecular weight is 273 g/mol. The number of nitrogens with one attached hydrogen (secondary N) is 1. The fourth-order valence-electron chi connectivity index (χ4n) is 3.66. The minimum Gasteiger partial charge on any atom is -0.377 e. The Labute approximate surface area is 122 Å². The fraction of sp³-hybridized carbons (Fsp3) is 0.667. The van der Waals surface area contributed by atoms with Crippen molar-refractivity contribution in [2.24, 2.45) is 0 Å². The Morgan fingerprint density at radius 2 is 2.20 bits per heavy atom. The summed E-state index contributed by atoms with van der Waals surface area (Å²) in [6.45, 7) is 4.31. The van der Waals surface area contributed by atoms with Crippen LogP contribution in [0.4, 0.5) is 0 Å². The van der Waals surface area contributed by atoms with Gasteiger partial charge in [0.15, 0.2) is 0 Å². The summed E-state index contributed by atoms with van der Waals surface area (Å²) in [7, 11) is 0. The highest BCUT2D eigenvalue weighted by atomic mass is 16.5. The van der Waals surface area contributed by atoms with Gasteiger partial charge in [0.1, 0.15) is 0 Å². The molecule has 1 aromatic carbocycles. The van der Waals surface area contributed by atoms with Crippen LogP contribution in [0.3, 0.4) is 0 Å². The van der Waals surface area contributed by atoms with Crippen molar-refractivity contribution in [1.29, 1.82) is 0 Å². The molecule has 3 rings (SSSR count). The Morgan fingerprint density at radius 3 is 2.95 bits per heavy atom. The molecule has 1 aliphatic carbocycles. The van der Waals surface area contributed by atoms with Crippen molar-refractivity contribution < 1.29 is 4.74 Å². The Morgan fingerprint density at radius 1 is 1.30 bits per heavy atom. The van der Waals surface area contributed by atoms with Crippen LogP contribution in [-0.4, -0.2) is 25.3 Å². The molecule has 3 atom stereocenters. The summed E-state index contributed by atoms with van der Waals surface area (Å²) >= 11 is 0. The van der Waals surface area contributed by atoms with E-state index < -0.39 is 0 Å². The van der Waals surface area contributed by atoms with Gasteiger partial charge in [0.25, 0.3) is 0 Å². The van der Waals surface area contributed by atoms with Crippen LogP contribution >= 0.6 is 0 Å². The first-order valence-electron chi connectivity index (χ1n) is 8.31. The van der Waals surface area contributed by atoms with Gasteiger partial charge in [-0.2, -0.15) is 0 Å². The van der Waals surface area contributed by atoms with Crippen molar-refractivity contribution >= 4 is 0 Å². The van der Waals surface area contributed by atoms with E-state index in [0.29, 0.717) is 12.1 Å². The third-order valence-electron chi connectivity index (χ3n) is 4.82. The van der Waals surface area contributed by atoms with Crippen LogP contribution in [0.25, 0.3) is 0 Å². The number of benzene rings is 1. The van der Waals surface area contributed by atoms with Gasteiger partial charge in [0.2, 0.25) is 0 Å². The molecule has 1 aliphatic heterocycles. The third-order valence-corrected chi connectivity index (χ3v) is 4.82. The minimum atomic E-state index is 0.433. The summed E-state index contributed by atoms with van der Waals surface area (Å²) in [6, 6.07) is 9.45. The van der Waals surface area contributed by atoms with Crippen LogP contribution in [0.2, 0.25) is 0 Å². The molecular weight excluding hydrogens is 246 g/mol. The Balaban J connectivity index is 1.61. The van der Waals surface area contributed by atoms with Crippen LogP contribution in [0, 0.1) is 0 Å². The lowest BCUT2D eigenvalue weighted by molar-refractivity contribution is -0.0111. The van der Waals surface area contributed by atoms with E-state index in [1.165, 1.54) is 38.5 Å². The largest absolute Gasteiger partial charge is 0.377 e. The zero-order chi connectivity index (χ0) is 13.8. The fourth-order valence-corrected chi connectivity index (χ4v) is 3.66. The van der Waals surface area contributed by atoms with E-state index in [2.05, 4.69) is 36.5 Å². The third kappa shape index (κ3) is 3.07. The zero-order valence-electron chi connectivity index (χ0n) is 12.6. The maximum Gasteiger partial charge on any atom is 0.0728 e. The molecule has 2 heteroatoms. The Hall–Kier alpha value is -0.860. The van der Waals surface area contributed by atoms with Gasteiger partial charge >= 0.3 is 0 Å². The van der Waals surface area contributed by atoms with Crippen molar-refractivity contribution in [3.8, 4) is 0 Å². The number of fused-ring (bicyclic) bond motifs is 1. The Kier molecular flexibility index (Phi) is 4.74. The summed E-state index contributed by atoms with van der Waals surface area (Å²) in [5.41, 5.74) is 3.13. The van der Waals surface area contributed by atoms with Gasteiger partial charge in [-0.05, 0) is 62.1 Å².